The number of imidazole rings is 1. The van der Waals surface area contributed by atoms with Gasteiger partial charge in [0.1, 0.15) is 0 Å². The van der Waals surface area contributed by atoms with Gasteiger partial charge in [-0.15, -0.1) is 0 Å². The SMILES string of the molecule is CC1CCCCN1CCCn1cncc1C1CCCN1. The van der Waals surface area contributed by atoms with Crippen LogP contribution < -0.4 is 5.32 Å². The summed E-state index contributed by atoms with van der Waals surface area (Å²) >= 11 is 0. The Labute approximate surface area is 122 Å². The van der Waals surface area contributed by atoms with E-state index in [1.807, 2.05) is 12.5 Å². The molecular formula is C16H28N4. The van der Waals surface area contributed by atoms with Crippen molar-refractivity contribution >= 4 is 0 Å². The van der Waals surface area contributed by atoms with Crippen LogP contribution in [0, 0.1) is 0 Å². The molecule has 2 atom stereocenters. The van der Waals surface area contributed by atoms with Crippen LogP contribution in [0.1, 0.15) is 57.2 Å². The number of hydrogen-bond donors (Lipinski definition) is 1. The van der Waals surface area contributed by atoms with Crippen molar-refractivity contribution in [3.8, 4) is 0 Å². The van der Waals surface area contributed by atoms with E-state index in [1.54, 1.807) is 0 Å². The molecule has 0 aliphatic carbocycles. The fraction of sp³-hybridized carbons (Fsp3) is 0.812. The first-order chi connectivity index (χ1) is 9.84. The molecular weight excluding hydrogens is 248 g/mol. The van der Waals surface area contributed by atoms with Crippen LogP contribution in [0.4, 0.5) is 0 Å². The van der Waals surface area contributed by atoms with Crippen LogP contribution in [-0.4, -0.2) is 40.1 Å². The molecule has 2 aliphatic rings. The van der Waals surface area contributed by atoms with Crippen LogP contribution in [0.15, 0.2) is 12.5 Å². The van der Waals surface area contributed by atoms with Crippen molar-refractivity contribution in [1.29, 1.82) is 0 Å². The van der Waals surface area contributed by atoms with Crippen molar-refractivity contribution < 1.29 is 0 Å². The minimum Gasteiger partial charge on any atom is -0.333 e. The Morgan fingerprint density at radius 3 is 3.00 bits per heavy atom. The summed E-state index contributed by atoms with van der Waals surface area (Å²) in [5.74, 6) is 0. The zero-order chi connectivity index (χ0) is 13.8. The molecule has 4 nitrogen and oxygen atoms in total. The Morgan fingerprint density at radius 2 is 2.20 bits per heavy atom. The Balaban J connectivity index is 1.49. The molecule has 1 N–H and O–H groups in total. The zero-order valence-corrected chi connectivity index (χ0v) is 12.7. The molecule has 3 heterocycles. The molecule has 1 aromatic heterocycles. The molecule has 0 radical (unpaired) electrons. The molecule has 2 saturated heterocycles. The average Bonchev–Trinajstić information content (AvgIpc) is 3.11. The van der Waals surface area contributed by atoms with Gasteiger partial charge in [0, 0.05) is 31.4 Å². The lowest BCUT2D eigenvalue weighted by atomic mass is 10.0. The first-order valence-corrected chi connectivity index (χ1v) is 8.32. The quantitative estimate of drug-likeness (QED) is 0.897. The fourth-order valence-electron chi connectivity index (χ4n) is 3.68. The summed E-state index contributed by atoms with van der Waals surface area (Å²) in [5, 5.41) is 3.57. The maximum absolute atomic E-state index is 4.36. The van der Waals surface area contributed by atoms with Crippen molar-refractivity contribution in [3.05, 3.63) is 18.2 Å². The lowest BCUT2D eigenvalue weighted by molar-refractivity contribution is 0.156. The Bertz CT molecular complexity index is 408. The normalized spacial score (nSPS) is 28.1. The van der Waals surface area contributed by atoms with E-state index in [4.69, 9.17) is 0 Å². The van der Waals surface area contributed by atoms with Gasteiger partial charge in [-0.05, 0) is 52.1 Å². The van der Waals surface area contributed by atoms with E-state index in [1.165, 1.54) is 57.3 Å². The summed E-state index contributed by atoms with van der Waals surface area (Å²) in [5.41, 5.74) is 1.38. The number of nitrogens with zero attached hydrogens (tertiary/aromatic N) is 3. The van der Waals surface area contributed by atoms with Gasteiger partial charge >= 0.3 is 0 Å². The maximum atomic E-state index is 4.36. The van der Waals surface area contributed by atoms with Crippen LogP contribution in [0.2, 0.25) is 0 Å². The summed E-state index contributed by atoms with van der Waals surface area (Å²) in [7, 11) is 0. The van der Waals surface area contributed by atoms with E-state index in [-0.39, 0.29) is 0 Å². The predicted molar refractivity (Wildman–Crippen MR) is 81.7 cm³/mol. The number of nitrogens with one attached hydrogen (secondary N) is 1. The lowest BCUT2D eigenvalue weighted by Gasteiger charge is -2.33. The van der Waals surface area contributed by atoms with Crippen molar-refractivity contribution in [2.24, 2.45) is 0 Å². The van der Waals surface area contributed by atoms with Crippen molar-refractivity contribution in [1.82, 2.24) is 19.8 Å². The van der Waals surface area contributed by atoms with E-state index < -0.39 is 0 Å². The van der Waals surface area contributed by atoms with Crippen molar-refractivity contribution in [2.75, 3.05) is 19.6 Å². The van der Waals surface area contributed by atoms with Gasteiger partial charge in [-0.3, -0.25) is 0 Å². The molecule has 4 heteroatoms. The summed E-state index contributed by atoms with van der Waals surface area (Å²) in [6.07, 6.45) is 12.0. The molecule has 0 spiro atoms. The molecule has 2 unspecified atom stereocenters. The minimum atomic E-state index is 0.534. The Hall–Kier alpha value is -0.870. The Morgan fingerprint density at radius 1 is 1.25 bits per heavy atom. The molecule has 1 aromatic rings. The summed E-state index contributed by atoms with van der Waals surface area (Å²) in [4.78, 5) is 7.02. The van der Waals surface area contributed by atoms with Gasteiger partial charge in [-0.25, -0.2) is 4.98 Å². The highest BCUT2D eigenvalue weighted by Gasteiger charge is 2.20. The monoisotopic (exact) mass is 276 g/mol. The molecule has 2 fully saturated rings. The predicted octanol–water partition coefficient (Wildman–Crippen LogP) is 2.57. The van der Waals surface area contributed by atoms with E-state index >= 15 is 0 Å². The van der Waals surface area contributed by atoms with E-state index in [0.717, 1.165) is 19.1 Å². The first kappa shape index (κ1) is 14.1. The highest BCUT2D eigenvalue weighted by Crippen LogP contribution is 2.23. The van der Waals surface area contributed by atoms with Crippen LogP contribution in [0.3, 0.4) is 0 Å². The third-order valence-electron chi connectivity index (χ3n) is 4.95. The van der Waals surface area contributed by atoms with Gasteiger partial charge in [0.2, 0.25) is 0 Å². The zero-order valence-electron chi connectivity index (χ0n) is 12.7. The fourth-order valence-corrected chi connectivity index (χ4v) is 3.68. The van der Waals surface area contributed by atoms with Gasteiger partial charge < -0.3 is 14.8 Å². The second-order valence-electron chi connectivity index (χ2n) is 6.40. The summed E-state index contributed by atoms with van der Waals surface area (Å²) < 4.78 is 2.36. The van der Waals surface area contributed by atoms with E-state index in [2.05, 4.69) is 26.7 Å². The van der Waals surface area contributed by atoms with Gasteiger partial charge in [-0.1, -0.05) is 6.42 Å². The molecule has 2 aliphatic heterocycles. The molecule has 20 heavy (non-hydrogen) atoms. The van der Waals surface area contributed by atoms with Crippen LogP contribution in [0.25, 0.3) is 0 Å². The topological polar surface area (TPSA) is 33.1 Å². The number of aryl methyl sites for hydroxylation is 1. The maximum Gasteiger partial charge on any atom is 0.0948 e. The summed E-state index contributed by atoms with van der Waals surface area (Å²) in [6, 6.07) is 1.31. The second-order valence-corrected chi connectivity index (χ2v) is 6.40. The Kier molecular flexibility index (Phi) is 4.73. The number of likely N-dealkylation sites (tertiary alicyclic amines) is 1. The molecule has 0 aromatic carbocycles. The molecule has 0 bridgehead atoms. The van der Waals surface area contributed by atoms with Crippen LogP contribution in [-0.2, 0) is 6.54 Å². The molecule has 3 rings (SSSR count). The van der Waals surface area contributed by atoms with E-state index in [0.29, 0.717) is 6.04 Å². The van der Waals surface area contributed by atoms with Gasteiger partial charge in [0.15, 0.2) is 0 Å². The molecule has 0 amide bonds. The van der Waals surface area contributed by atoms with Gasteiger partial charge in [0.05, 0.1) is 12.0 Å². The third-order valence-corrected chi connectivity index (χ3v) is 4.95. The highest BCUT2D eigenvalue weighted by atomic mass is 15.2. The largest absolute Gasteiger partial charge is 0.333 e. The van der Waals surface area contributed by atoms with Gasteiger partial charge in [-0.2, -0.15) is 0 Å². The van der Waals surface area contributed by atoms with E-state index in [9.17, 15) is 0 Å². The smallest absolute Gasteiger partial charge is 0.0948 e. The number of aromatic nitrogens is 2. The third kappa shape index (κ3) is 3.23. The number of hydrogen-bond acceptors (Lipinski definition) is 3. The molecule has 0 saturated carbocycles. The number of rotatable bonds is 5. The van der Waals surface area contributed by atoms with Crippen LogP contribution >= 0.6 is 0 Å². The average molecular weight is 276 g/mol. The van der Waals surface area contributed by atoms with Gasteiger partial charge in [0.25, 0.3) is 0 Å². The van der Waals surface area contributed by atoms with Crippen molar-refractivity contribution in [3.63, 3.8) is 0 Å². The summed E-state index contributed by atoms with van der Waals surface area (Å²) in [6.45, 7) is 7.17. The lowest BCUT2D eigenvalue weighted by Crippen LogP contribution is -2.38. The second kappa shape index (κ2) is 6.72. The number of piperidine rings is 1. The van der Waals surface area contributed by atoms with Crippen molar-refractivity contribution in [2.45, 2.75) is 64.1 Å². The van der Waals surface area contributed by atoms with Crippen LogP contribution in [0.5, 0.6) is 0 Å². The first-order valence-electron chi connectivity index (χ1n) is 8.32. The standard InChI is InChI=1S/C16H28N4/c1-14-6-2-3-9-19(14)10-5-11-20-13-17-12-16(20)15-7-4-8-18-15/h12-15,18H,2-11H2,1H3. The minimum absolute atomic E-state index is 0.534. The molecule has 112 valence electrons. The highest BCUT2D eigenvalue weighted by molar-refractivity contribution is 5.07.